The molecule has 1 aliphatic rings. The average Bonchev–Trinajstić information content (AvgIpc) is 3.14. The zero-order valence-electron chi connectivity index (χ0n) is 19.5. The molecule has 1 unspecified atom stereocenters. The van der Waals surface area contributed by atoms with Gasteiger partial charge < -0.3 is 14.6 Å². The zero-order valence-corrected chi connectivity index (χ0v) is 20.3. The topological polar surface area (TPSA) is 76.1 Å². The van der Waals surface area contributed by atoms with Crippen LogP contribution in [0.4, 0.5) is 5.69 Å². The summed E-state index contributed by atoms with van der Waals surface area (Å²) in [5, 5.41) is 11.8. The van der Waals surface area contributed by atoms with Crippen LogP contribution >= 0.6 is 11.6 Å². The van der Waals surface area contributed by atoms with Crippen molar-refractivity contribution in [3.8, 4) is 11.5 Å². The maximum atomic E-state index is 13.3. The number of aliphatic hydroxyl groups excluding tert-OH is 1. The van der Waals surface area contributed by atoms with Crippen LogP contribution in [0.2, 0.25) is 5.02 Å². The lowest BCUT2D eigenvalue weighted by molar-refractivity contribution is -0.132. The first-order chi connectivity index (χ1) is 16.9. The second-order valence-corrected chi connectivity index (χ2v) is 8.46. The smallest absolute Gasteiger partial charge is 0.300 e. The maximum absolute atomic E-state index is 13.3. The van der Waals surface area contributed by atoms with E-state index in [9.17, 15) is 14.7 Å². The third kappa shape index (κ3) is 5.03. The summed E-state index contributed by atoms with van der Waals surface area (Å²) in [6.45, 7) is 4.92. The van der Waals surface area contributed by atoms with Crippen molar-refractivity contribution in [1.82, 2.24) is 0 Å². The molecule has 1 N–H and O–H groups in total. The number of carbonyl (C=O) groups is 2. The SMILES string of the molecule is CCCOc1ccc(/C(O)=C2\C(=O)C(=O)N(c3cccc(OCC)c3)C2c2ccc(Cl)cc2)cc1. The van der Waals surface area contributed by atoms with Crippen LogP contribution in [0.1, 0.15) is 37.4 Å². The predicted molar refractivity (Wildman–Crippen MR) is 136 cm³/mol. The number of anilines is 1. The number of rotatable bonds is 8. The Kier molecular flexibility index (Phi) is 7.42. The Morgan fingerprint density at radius 1 is 0.943 bits per heavy atom. The van der Waals surface area contributed by atoms with Crippen molar-refractivity contribution >= 4 is 34.7 Å². The number of ketones is 1. The van der Waals surface area contributed by atoms with Gasteiger partial charge >= 0.3 is 0 Å². The van der Waals surface area contributed by atoms with Gasteiger partial charge in [0.1, 0.15) is 17.3 Å². The van der Waals surface area contributed by atoms with Crippen molar-refractivity contribution in [3.63, 3.8) is 0 Å². The highest BCUT2D eigenvalue weighted by Gasteiger charge is 2.47. The molecule has 0 aliphatic carbocycles. The first-order valence-corrected chi connectivity index (χ1v) is 11.8. The van der Waals surface area contributed by atoms with Crippen LogP contribution < -0.4 is 14.4 Å². The second-order valence-electron chi connectivity index (χ2n) is 8.02. The fourth-order valence-electron chi connectivity index (χ4n) is 4.03. The lowest BCUT2D eigenvalue weighted by Crippen LogP contribution is -2.29. The van der Waals surface area contributed by atoms with E-state index in [2.05, 4.69) is 0 Å². The fourth-order valence-corrected chi connectivity index (χ4v) is 4.16. The highest BCUT2D eigenvalue weighted by Crippen LogP contribution is 2.43. The summed E-state index contributed by atoms with van der Waals surface area (Å²) in [5.41, 5.74) is 1.54. The van der Waals surface area contributed by atoms with Crippen LogP contribution in [0.3, 0.4) is 0 Å². The summed E-state index contributed by atoms with van der Waals surface area (Å²) in [4.78, 5) is 28.0. The summed E-state index contributed by atoms with van der Waals surface area (Å²) in [6, 6.07) is 19.8. The Bertz CT molecular complexity index is 1250. The third-order valence-electron chi connectivity index (χ3n) is 5.64. The van der Waals surface area contributed by atoms with Gasteiger partial charge in [-0.2, -0.15) is 0 Å². The summed E-state index contributed by atoms with van der Waals surface area (Å²) >= 11 is 6.09. The van der Waals surface area contributed by atoms with Crippen molar-refractivity contribution in [2.24, 2.45) is 0 Å². The highest BCUT2D eigenvalue weighted by atomic mass is 35.5. The molecule has 1 saturated heterocycles. The van der Waals surface area contributed by atoms with Gasteiger partial charge in [0.15, 0.2) is 0 Å². The molecule has 1 atom stereocenters. The van der Waals surface area contributed by atoms with Crippen LogP contribution in [0.15, 0.2) is 78.4 Å². The van der Waals surface area contributed by atoms with E-state index in [1.807, 2.05) is 13.8 Å². The Labute approximate surface area is 209 Å². The van der Waals surface area contributed by atoms with Crippen molar-refractivity contribution in [2.75, 3.05) is 18.1 Å². The number of amides is 1. The molecule has 0 bridgehead atoms. The monoisotopic (exact) mass is 491 g/mol. The standard InChI is InChI=1S/C28H26ClNO5/c1-3-16-35-22-14-10-19(11-15-22)26(31)24-25(18-8-12-20(29)13-9-18)30(28(33)27(24)32)21-6-5-7-23(17-21)34-4-2/h5-15,17,25,31H,3-4,16H2,1-2H3/b26-24+. The Hall–Kier alpha value is -3.77. The van der Waals surface area contributed by atoms with E-state index in [0.717, 1.165) is 6.42 Å². The van der Waals surface area contributed by atoms with Crippen LogP contribution in [0.25, 0.3) is 5.76 Å². The van der Waals surface area contributed by atoms with Gasteiger partial charge in [-0.3, -0.25) is 14.5 Å². The van der Waals surface area contributed by atoms with Crippen molar-refractivity contribution in [2.45, 2.75) is 26.3 Å². The number of Topliss-reactive ketones (excluding diaryl/α,β-unsaturated/α-hetero) is 1. The van der Waals surface area contributed by atoms with Gasteiger partial charge in [-0.05, 0) is 67.4 Å². The molecule has 0 saturated carbocycles. The molecule has 1 heterocycles. The Balaban J connectivity index is 1.84. The molecule has 6 nitrogen and oxygen atoms in total. The predicted octanol–water partition coefficient (Wildman–Crippen LogP) is 6.15. The fraction of sp³-hybridized carbons (Fsp3) is 0.214. The van der Waals surface area contributed by atoms with Gasteiger partial charge in [0.05, 0.1) is 24.8 Å². The van der Waals surface area contributed by atoms with Crippen molar-refractivity contribution < 1.29 is 24.2 Å². The zero-order chi connectivity index (χ0) is 24.9. The summed E-state index contributed by atoms with van der Waals surface area (Å²) in [6.07, 6.45) is 0.872. The highest BCUT2D eigenvalue weighted by molar-refractivity contribution is 6.51. The Morgan fingerprint density at radius 2 is 1.66 bits per heavy atom. The molecule has 3 aromatic rings. The molecule has 1 amide bonds. The van der Waals surface area contributed by atoms with Gasteiger partial charge in [-0.15, -0.1) is 0 Å². The molecule has 0 radical (unpaired) electrons. The maximum Gasteiger partial charge on any atom is 0.300 e. The second kappa shape index (κ2) is 10.7. The molecule has 1 aliphatic heterocycles. The molecule has 35 heavy (non-hydrogen) atoms. The van der Waals surface area contributed by atoms with Gasteiger partial charge in [0, 0.05) is 22.3 Å². The minimum atomic E-state index is -0.847. The summed E-state index contributed by atoms with van der Waals surface area (Å²) < 4.78 is 11.2. The van der Waals surface area contributed by atoms with Crippen LogP contribution in [0, 0.1) is 0 Å². The van der Waals surface area contributed by atoms with E-state index in [0.29, 0.717) is 46.5 Å². The van der Waals surface area contributed by atoms with Crippen molar-refractivity contribution in [3.05, 3.63) is 94.5 Å². The van der Waals surface area contributed by atoms with E-state index in [-0.39, 0.29) is 11.3 Å². The molecular weight excluding hydrogens is 466 g/mol. The lowest BCUT2D eigenvalue weighted by atomic mass is 9.95. The molecule has 0 aromatic heterocycles. The van der Waals surface area contributed by atoms with Crippen LogP contribution in [-0.4, -0.2) is 30.0 Å². The number of benzene rings is 3. The lowest BCUT2D eigenvalue weighted by Gasteiger charge is -2.26. The van der Waals surface area contributed by atoms with E-state index < -0.39 is 17.7 Å². The van der Waals surface area contributed by atoms with Gasteiger partial charge in [0.2, 0.25) is 0 Å². The molecule has 1 fully saturated rings. The molecule has 4 rings (SSSR count). The molecule has 0 spiro atoms. The number of hydrogen-bond donors (Lipinski definition) is 1. The molecule has 180 valence electrons. The van der Waals surface area contributed by atoms with E-state index in [1.165, 1.54) is 4.90 Å². The Morgan fingerprint density at radius 3 is 2.31 bits per heavy atom. The van der Waals surface area contributed by atoms with Gasteiger partial charge in [-0.1, -0.05) is 36.7 Å². The molecule has 7 heteroatoms. The van der Waals surface area contributed by atoms with E-state index in [4.69, 9.17) is 21.1 Å². The number of nitrogens with zero attached hydrogens (tertiary/aromatic N) is 1. The first kappa shape index (κ1) is 24.4. The van der Waals surface area contributed by atoms with Crippen molar-refractivity contribution in [1.29, 1.82) is 0 Å². The number of carbonyl (C=O) groups excluding carboxylic acids is 2. The largest absolute Gasteiger partial charge is 0.507 e. The minimum absolute atomic E-state index is 0.00126. The molecule has 3 aromatic carbocycles. The summed E-state index contributed by atoms with van der Waals surface area (Å²) in [5.74, 6) is -0.525. The molecular formula is C28H26ClNO5. The van der Waals surface area contributed by atoms with Crippen LogP contribution in [-0.2, 0) is 9.59 Å². The van der Waals surface area contributed by atoms with Crippen LogP contribution in [0.5, 0.6) is 11.5 Å². The third-order valence-corrected chi connectivity index (χ3v) is 5.89. The summed E-state index contributed by atoms with van der Waals surface area (Å²) in [7, 11) is 0. The normalized spacial score (nSPS) is 17.0. The van der Waals surface area contributed by atoms with E-state index >= 15 is 0 Å². The average molecular weight is 492 g/mol. The van der Waals surface area contributed by atoms with E-state index in [1.54, 1.807) is 72.8 Å². The first-order valence-electron chi connectivity index (χ1n) is 11.5. The minimum Gasteiger partial charge on any atom is -0.507 e. The van der Waals surface area contributed by atoms with Gasteiger partial charge in [0.25, 0.3) is 11.7 Å². The quantitative estimate of drug-likeness (QED) is 0.232. The van der Waals surface area contributed by atoms with Gasteiger partial charge in [-0.25, -0.2) is 0 Å². The number of hydrogen-bond acceptors (Lipinski definition) is 5. The number of aliphatic hydroxyl groups is 1. The number of ether oxygens (including phenoxy) is 2. The number of halogens is 1.